The van der Waals surface area contributed by atoms with Crippen LogP contribution in [-0.4, -0.2) is 54.1 Å². The molecule has 0 unspecified atom stereocenters. The Morgan fingerprint density at radius 3 is 2.53 bits per heavy atom. The van der Waals surface area contributed by atoms with Crippen LogP contribution in [0.3, 0.4) is 0 Å². The highest BCUT2D eigenvalue weighted by Gasteiger charge is 2.48. The van der Waals surface area contributed by atoms with Crippen LogP contribution in [0.15, 0.2) is 41.4 Å². The molecule has 0 N–H and O–H groups in total. The zero-order valence-electron chi connectivity index (χ0n) is 17.7. The number of hydrogen-bond acceptors (Lipinski definition) is 4. The average molecular weight is 422 g/mol. The Bertz CT molecular complexity index is 1030. The van der Waals surface area contributed by atoms with E-state index in [-0.39, 0.29) is 5.41 Å². The molecule has 30 heavy (non-hydrogen) atoms. The molecular formula is C25H28ClN3O. The molecule has 0 radical (unpaired) electrons. The van der Waals surface area contributed by atoms with Crippen LogP contribution in [0, 0.1) is 12.3 Å². The molecule has 1 saturated heterocycles. The molecule has 4 nitrogen and oxygen atoms in total. The number of aliphatic imine (C=N–C) groups is 1. The fraction of sp³-hybridized carbons (Fsp3) is 0.440. The predicted molar refractivity (Wildman–Crippen MR) is 122 cm³/mol. The van der Waals surface area contributed by atoms with E-state index in [9.17, 15) is 4.79 Å². The number of carbonyl (C=O) groups excluding carboxylic acids is 1. The summed E-state index contributed by atoms with van der Waals surface area (Å²) in [4.78, 5) is 22.0. The van der Waals surface area contributed by atoms with Crippen LogP contribution in [0.2, 0.25) is 5.02 Å². The second kappa shape index (κ2) is 7.51. The zero-order chi connectivity index (χ0) is 20.9. The van der Waals surface area contributed by atoms with Gasteiger partial charge in [0.2, 0.25) is 0 Å². The van der Waals surface area contributed by atoms with Crippen molar-refractivity contribution in [1.82, 2.24) is 9.80 Å². The summed E-state index contributed by atoms with van der Waals surface area (Å²) in [6.45, 7) is 8.63. The summed E-state index contributed by atoms with van der Waals surface area (Å²) in [5.41, 5.74) is 5.95. The minimum atomic E-state index is -0.0512. The van der Waals surface area contributed by atoms with E-state index >= 15 is 0 Å². The van der Waals surface area contributed by atoms with E-state index < -0.39 is 0 Å². The fourth-order valence-corrected chi connectivity index (χ4v) is 5.03. The fourth-order valence-electron chi connectivity index (χ4n) is 4.83. The number of Topliss-reactive ketones (excluding diaryl/α,β-unsaturated/α-hetero) is 1. The number of benzene rings is 2. The Hall–Kier alpha value is -2.17. The lowest BCUT2D eigenvalue weighted by Crippen LogP contribution is -2.50. The first-order valence-corrected chi connectivity index (χ1v) is 11.3. The second-order valence-electron chi connectivity index (χ2n) is 9.15. The normalized spacial score (nSPS) is 20.1. The van der Waals surface area contributed by atoms with Gasteiger partial charge in [0.25, 0.3) is 0 Å². The van der Waals surface area contributed by atoms with E-state index in [2.05, 4.69) is 34.9 Å². The van der Waals surface area contributed by atoms with Gasteiger partial charge in [-0.2, -0.15) is 0 Å². The summed E-state index contributed by atoms with van der Waals surface area (Å²) in [6, 6.07) is 12.7. The number of amidine groups is 1. The molecule has 3 aliphatic rings. The zero-order valence-corrected chi connectivity index (χ0v) is 18.5. The second-order valence-corrected chi connectivity index (χ2v) is 9.58. The van der Waals surface area contributed by atoms with Gasteiger partial charge >= 0.3 is 0 Å². The van der Waals surface area contributed by atoms with Gasteiger partial charge in [0.1, 0.15) is 11.6 Å². The smallest absolute Gasteiger partial charge is 0.137 e. The lowest BCUT2D eigenvalue weighted by molar-refractivity contribution is -0.122. The molecule has 0 amide bonds. The van der Waals surface area contributed by atoms with Gasteiger partial charge in [-0.05, 0) is 56.0 Å². The molecule has 2 aromatic carbocycles. The summed E-state index contributed by atoms with van der Waals surface area (Å²) >= 11 is 6.28. The van der Waals surface area contributed by atoms with Gasteiger partial charge in [-0.25, -0.2) is 4.99 Å². The van der Waals surface area contributed by atoms with Crippen molar-refractivity contribution in [1.29, 1.82) is 0 Å². The van der Waals surface area contributed by atoms with Gasteiger partial charge in [0, 0.05) is 55.1 Å². The van der Waals surface area contributed by atoms with E-state index in [1.165, 1.54) is 22.3 Å². The van der Waals surface area contributed by atoms with Crippen LogP contribution in [-0.2, 0) is 11.2 Å². The molecule has 1 aliphatic carbocycles. The maximum atomic E-state index is 12.0. The first kappa shape index (κ1) is 19.8. The van der Waals surface area contributed by atoms with E-state index in [0.29, 0.717) is 5.78 Å². The summed E-state index contributed by atoms with van der Waals surface area (Å²) in [7, 11) is 0. The first-order chi connectivity index (χ1) is 14.4. The highest BCUT2D eigenvalue weighted by atomic mass is 35.5. The molecule has 2 aliphatic heterocycles. The van der Waals surface area contributed by atoms with Crippen molar-refractivity contribution < 1.29 is 4.79 Å². The van der Waals surface area contributed by atoms with E-state index in [0.717, 1.165) is 68.5 Å². The van der Waals surface area contributed by atoms with Crippen molar-refractivity contribution in [3.63, 3.8) is 0 Å². The summed E-state index contributed by atoms with van der Waals surface area (Å²) in [5, 5.41) is 0.759. The van der Waals surface area contributed by atoms with Gasteiger partial charge in [-0.15, -0.1) is 0 Å². The summed E-state index contributed by atoms with van der Waals surface area (Å²) in [5.74, 6) is 1.43. The lowest BCUT2D eigenvalue weighted by Gasteiger charge is -2.38. The highest BCUT2D eigenvalue weighted by molar-refractivity contribution is 6.30. The topological polar surface area (TPSA) is 35.9 Å². The minimum absolute atomic E-state index is 0.0512. The molecule has 2 fully saturated rings. The number of rotatable bonds is 3. The maximum Gasteiger partial charge on any atom is 0.137 e. The number of halogens is 1. The Labute approximate surface area is 183 Å². The third kappa shape index (κ3) is 3.67. The minimum Gasteiger partial charge on any atom is -0.354 e. The lowest BCUT2D eigenvalue weighted by atomic mass is 9.97. The molecule has 5 heteroatoms. The third-order valence-electron chi connectivity index (χ3n) is 6.95. The van der Waals surface area contributed by atoms with E-state index in [4.69, 9.17) is 16.6 Å². The summed E-state index contributed by atoms with van der Waals surface area (Å²) in [6.07, 6.45) is 2.96. The standard InChI is InChI=1S/C25H28ClN3O/c1-17-3-5-22-19(13-17)14-20-15-21(26)4-6-23(20)27-24(22)29-11-9-28(10-12-29)16-25(7-8-25)18(2)30/h3-6,13,15H,7-12,14,16H2,1-2H3. The molecule has 2 heterocycles. The van der Waals surface area contributed by atoms with Crippen LogP contribution >= 0.6 is 11.6 Å². The van der Waals surface area contributed by atoms with Gasteiger partial charge in [-0.3, -0.25) is 9.69 Å². The number of aryl methyl sites for hydroxylation is 1. The van der Waals surface area contributed by atoms with Crippen molar-refractivity contribution in [2.24, 2.45) is 10.4 Å². The van der Waals surface area contributed by atoms with Gasteiger partial charge < -0.3 is 4.90 Å². The quantitative estimate of drug-likeness (QED) is 0.725. The van der Waals surface area contributed by atoms with Gasteiger partial charge in [0.05, 0.1) is 5.69 Å². The first-order valence-electron chi connectivity index (χ1n) is 10.9. The summed E-state index contributed by atoms with van der Waals surface area (Å²) < 4.78 is 0. The highest BCUT2D eigenvalue weighted by Crippen LogP contribution is 2.47. The van der Waals surface area contributed by atoms with Crippen molar-refractivity contribution in [3.8, 4) is 0 Å². The van der Waals surface area contributed by atoms with Crippen LogP contribution < -0.4 is 0 Å². The number of hydrogen-bond donors (Lipinski definition) is 0. The molecule has 2 aromatic rings. The Morgan fingerprint density at radius 1 is 1.07 bits per heavy atom. The maximum absolute atomic E-state index is 12.0. The SMILES string of the molecule is CC(=O)C1(CN2CCN(C3=Nc4ccc(Cl)cc4Cc4cc(C)ccc43)CC2)CC1. The monoisotopic (exact) mass is 421 g/mol. The number of carbonyl (C=O) groups is 1. The molecular weight excluding hydrogens is 394 g/mol. The van der Waals surface area contributed by atoms with Crippen molar-refractivity contribution in [2.45, 2.75) is 33.1 Å². The van der Waals surface area contributed by atoms with Crippen molar-refractivity contribution in [3.05, 3.63) is 63.7 Å². The molecule has 5 rings (SSSR count). The number of ketones is 1. The molecule has 156 valence electrons. The van der Waals surface area contributed by atoms with Crippen molar-refractivity contribution in [2.75, 3.05) is 32.7 Å². The van der Waals surface area contributed by atoms with Crippen LogP contribution in [0.4, 0.5) is 5.69 Å². The molecule has 0 spiro atoms. The Kier molecular flexibility index (Phi) is 4.95. The van der Waals surface area contributed by atoms with Crippen molar-refractivity contribution >= 4 is 28.9 Å². The molecule has 0 bridgehead atoms. The van der Waals surface area contributed by atoms with Crippen LogP contribution in [0.5, 0.6) is 0 Å². The predicted octanol–water partition coefficient (Wildman–Crippen LogP) is 4.62. The third-order valence-corrected chi connectivity index (χ3v) is 7.18. The Morgan fingerprint density at radius 2 is 1.83 bits per heavy atom. The van der Waals surface area contributed by atoms with Gasteiger partial charge in [0.15, 0.2) is 0 Å². The Balaban J connectivity index is 1.42. The average Bonchev–Trinajstić information content (AvgIpc) is 3.51. The van der Waals surface area contributed by atoms with Crippen LogP contribution in [0.25, 0.3) is 0 Å². The van der Waals surface area contributed by atoms with E-state index in [1.54, 1.807) is 6.92 Å². The van der Waals surface area contributed by atoms with E-state index in [1.807, 2.05) is 18.2 Å². The van der Waals surface area contributed by atoms with Crippen LogP contribution in [0.1, 0.15) is 42.0 Å². The largest absolute Gasteiger partial charge is 0.354 e. The molecule has 0 atom stereocenters. The number of nitrogens with zero attached hydrogens (tertiary/aromatic N) is 3. The molecule has 1 saturated carbocycles. The molecule has 0 aromatic heterocycles. The van der Waals surface area contributed by atoms with Gasteiger partial charge in [-0.1, -0.05) is 35.4 Å². The number of piperazine rings is 1. The number of fused-ring (bicyclic) bond motifs is 2.